The van der Waals surface area contributed by atoms with Gasteiger partial charge in [0.25, 0.3) is 0 Å². The Morgan fingerprint density at radius 3 is 2.71 bits per heavy atom. The Kier molecular flexibility index (Phi) is 4.34. The summed E-state index contributed by atoms with van der Waals surface area (Å²) in [6, 6.07) is 0. The Morgan fingerprint density at radius 1 is 1.53 bits per heavy atom. The Hall–Kier alpha value is -1.30. The van der Waals surface area contributed by atoms with Crippen LogP contribution in [-0.4, -0.2) is 34.1 Å². The molecule has 0 aliphatic carbocycles. The molecule has 1 heterocycles. The summed E-state index contributed by atoms with van der Waals surface area (Å²) < 4.78 is 4.21. The van der Waals surface area contributed by atoms with E-state index in [1.54, 1.807) is 26.2 Å². The Morgan fingerprint density at radius 2 is 2.18 bits per heavy atom. The summed E-state index contributed by atoms with van der Waals surface area (Å²) in [6.45, 7) is 5.59. The molecule has 94 valence electrons. The first-order chi connectivity index (χ1) is 7.86. The number of aliphatic carboxylic acids is 1. The van der Waals surface area contributed by atoms with Gasteiger partial charge in [0.1, 0.15) is 5.71 Å². The molecule has 0 aromatic carbocycles. The number of carboxylic acids is 1. The SMILES string of the molecule is CCOC(=O)CC1=CSC(C)(C)C(C(=O)O)=N1. The Balaban J connectivity index is 2.82. The second-order valence-corrected chi connectivity index (χ2v) is 5.48. The molecule has 1 N–H and O–H groups in total. The molecule has 5 nitrogen and oxygen atoms in total. The molecule has 6 heteroatoms. The van der Waals surface area contributed by atoms with E-state index in [-0.39, 0.29) is 12.1 Å². The minimum absolute atomic E-state index is 0.00764. The third kappa shape index (κ3) is 3.59. The lowest BCUT2D eigenvalue weighted by Gasteiger charge is -2.25. The van der Waals surface area contributed by atoms with Gasteiger partial charge in [0.2, 0.25) is 0 Å². The Labute approximate surface area is 104 Å². The van der Waals surface area contributed by atoms with Gasteiger partial charge in [-0.3, -0.25) is 4.79 Å². The van der Waals surface area contributed by atoms with Crippen LogP contribution in [0.1, 0.15) is 27.2 Å². The summed E-state index contributed by atoms with van der Waals surface area (Å²) in [5, 5.41) is 10.8. The molecule has 0 unspecified atom stereocenters. The first-order valence-corrected chi connectivity index (χ1v) is 6.09. The number of hydrogen-bond acceptors (Lipinski definition) is 5. The zero-order chi connectivity index (χ0) is 13.1. The second kappa shape index (κ2) is 5.35. The fourth-order valence-electron chi connectivity index (χ4n) is 1.32. The molecular formula is C11H15NO4S. The van der Waals surface area contributed by atoms with Crippen molar-refractivity contribution in [3.05, 3.63) is 11.1 Å². The first kappa shape index (κ1) is 13.8. The predicted molar refractivity (Wildman–Crippen MR) is 66.1 cm³/mol. The van der Waals surface area contributed by atoms with Crippen LogP contribution in [0.25, 0.3) is 0 Å². The first-order valence-electron chi connectivity index (χ1n) is 5.21. The van der Waals surface area contributed by atoms with Crippen LogP contribution in [0.3, 0.4) is 0 Å². The number of ether oxygens (including phenoxy) is 1. The van der Waals surface area contributed by atoms with Gasteiger partial charge >= 0.3 is 11.9 Å². The monoisotopic (exact) mass is 257 g/mol. The highest BCUT2D eigenvalue weighted by molar-refractivity contribution is 8.04. The smallest absolute Gasteiger partial charge is 0.351 e. The number of carboxylic acid groups (broad SMARTS) is 1. The molecule has 0 bridgehead atoms. The molecule has 0 aromatic heterocycles. The molecule has 0 aromatic rings. The van der Waals surface area contributed by atoms with Crippen molar-refractivity contribution >= 4 is 29.4 Å². The van der Waals surface area contributed by atoms with E-state index in [1.807, 2.05) is 0 Å². The maximum absolute atomic E-state index is 11.3. The van der Waals surface area contributed by atoms with Crippen molar-refractivity contribution in [3.63, 3.8) is 0 Å². The maximum Gasteiger partial charge on any atom is 0.351 e. The molecule has 0 radical (unpaired) electrons. The van der Waals surface area contributed by atoms with Gasteiger partial charge in [0, 0.05) is 0 Å². The fourth-order valence-corrected chi connectivity index (χ4v) is 2.13. The number of nitrogens with zero attached hydrogens (tertiary/aromatic N) is 1. The summed E-state index contributed by atoms with van der Waals surface area (Å²) in [4.78, 5) is 26.3. The second-order valence-electron chi connectivity index (χ2n) is 3.98. The van der Waals surface area contributed by atoms with Crippen LogP contribution < -0.4 is 0 Å². The van der Waals surface area contributed by atoms with Gasteiger partial charge in [-0.1, -0.05) is 0 Å². The summed E-state index contributed by atoms with van der Waals surface area (Å²) in [7, 11) is 0. The molecule has 0 atom stereocenters. The average molecular weight is 257 g/mol. The van der Waals surface area contributed by atoms with Crippen molar-refractivity contribution in [2.75, 3.05) is 6.61 Å². The van der Waals surface area contributed by atoms with Gasteiger partial charge in [-0.15, -0.1) is 11.8 Å². The average Bonchev–Trinajstić information content (AvgIpc) is 2.20. The lowest BCUT2D eigenvalue weighted by Crippen LogP contribution is -2.36. The largest absolute Gasteiger partial charge is 0.477 e. The molecular weight excluding hydrogens is 242 g/mol. The van der Waals surface area contributed by atoms with E-state index in [9.17, 15) is 9.59 Å². The van der Waals surface area contributed by atoms with Crippen molar-refractivity contribution in [1.29, 1.82) is 0 Å². The van der Waals surface area contributed by atoms with Gasteiger partial charge < -0.3 is 9.84 Å². The number of carbonyl (C=O) groups excluding carboxylic acids is 1. The lowest BCUT2D eigenvalue weighted by molar-refractivity contribution is -0.142. The van der Waals surface area contributed by atoms with Gasteiger partial charge in [-0.2, -0.15) is 0 Å². The number of esters is 1. The predicted octanol–water partition coefficient (Wildman–Crippen LogP) is 1.83. The van der Waals surface area contributed by atoms with Crippen LogP contribution in [0.5, 0.6) is 0 Å². The van der Waals surface area contributed by atoms with E-state index in [0.29, 0.717) is 12.3 Å². The molecule has 1 aliphatic heterocycles. The van der Waals surface area contributed by atoms with E-state index in [1.165, 1.54) is 11.8 Å². The van der Waals surface area contributed by atoms with E-state index in [0.717, 1.165) is 0 Å². The molecule has 1 rings (SSSR count). The number of hydrogen-bond donors (Lipinski definition) is 1. The lowest BCUT2D eigenvalue weighted by atomic mass is 10.1. The fraction of sp³-hybridized carbons (Fsp3) is 0.545. The number of thioether (sulfide) groups is 1. The zero-order valence-corrected chi connectivity index (χ0v) is 10.8. The van der Waals surface area contributed by atoms with Crippen molar-refractivity contribution < 1.29 is 19.4 Å². The topological polar surface area (TPSA) is 76.0 Å². The highest BCUT2D eigenvalue weighted by atomic mass is 32.2. The molecule has 0 saturated carbocycles. The maximum atomic E-state index is 11.3. The van der Waals surface area contributed by atoms with Crippen LogP contribution in [0.4, 0.5) is 0 Å². The summed E-state index contributed by atoms with van der Waals surface area (Å²) in [6.07, 6.45) is 0.00764. The molecule has 0 spiro atoms. The van der Waals surface area contributed by atoms with E-state index < -0.39 is 16.7 Å². The van der Waals surface area contributed by atoms with Crippen molar-refractivity contribution in [3.8, 4) is 0 Å². The standard InChI is InChI=1S/C11H15NO4S/c1-4-16-8(13)5-7-6-17-11(2,3)9(12-7)10(14)15/h6H,4-5H2,1-3H3,(H,14,15). The minimum atomic E-state index is -1.06. The highest BCUT2D eigenvalue weighted by Gasteiger charge is 2.33. The zero-order valence-electron chi connectivity index (χ0n) is 10.0. The van der Waals surface area contributed by atoms with E-state index in [4.69, 9.17) is 9.84 Å². The summed E-state index contributed by atoms with van der Waals surface area (Å²) in [5.74, 6) is -1.45. The van der Waals surface area contributed by atoms with Gasteiger partial charge in [0.15, 0.2) is 0 Å². The molecule has 0 amide bonds. The summed E-state index contributed by atoms with van der Waals surface area (Å²) >= 11 is 1.34. The van der Waals surface area contributed by atoms with E-state index in [2.05, 4.69) is 4.99 Å². The third-order valence-electron chi connectivity index (χ3n) is 2.15. The molecule has 0 saturated heterocycles. The quantitative estimate of drug-likeness (QED) is 0.777. The molecule has 1 aliphatic rings. The van der Waals surface area contributed by atoms with Crippen molar-refractivity contribution in [2.45, 2.75) is 31.9 Å². The number of rotatable bonds is 4. The van der Waals surface area contributed by atoms with Crippen LogP contribution in [0.15, 0.2) is 16.1 Å². The highest BCUT2D eigenvalue weighted by Crippen LogP contribution is 2.34. The van der Waals surface area contributed by atoms with Crippen molar-refractivity contribution in [1.82, 2.24) is 0 Å². The third-order valence-corrected chi connectivity index (χ3v) is 3.32. The number of carbonyl (C=O) groups is 2. The van der Waals surface area contributed by atoms with Crippen molar-refractivity contribution in [2.24, 2.45) is 4.99 Å². The Bertz CT molecular complexity index is 398. The molecule has 17 heavy (non-hydrogen) atoms. The number of aliphatic imine (C=N–C) groups is 1. The van der Waals surface area contributed by atoms with Gasteiger partial charge in [0.05, 0.1) is 23.5 Å². The van der Waals surface area contributed by atoms with Crippen LogP contribution >= 0.6 is 11.8 Å². The minimum Gasteiger partial charge on any atom is -0.477 e. The normalized spacial score (nSPS) is 18.1. The van der Waals surface area contributed by atoms with Crippen LogP contribution in [0, 0.1) is 0 Å². The summed E-state index contributed by atoms with van der Waals surface area (Å²) in [5.41, 5.74) is 0.495. The molecule has 0 fully saturated rings. The van der Waals surface area contributed by atoms with E-state index >= 15 is 0 Å². The van der Waals surface area contributed by atoms with Gasteiger partial charge in [-0.25, -0.2) is 9.79 Å². The van der Waals surface area contributed by atoms with Gasteiger partial charge in [-0.05, 0) is 26.2 Å². The van der Waals surface area contributed by atoms with Crippen LogP contribution in [-0.2, 0) is 14.3 Å². The van der Waals surface area contributed by atoms with Crippen LogP contribution in [0.2, 0.25) is 0 Å².